The van der Waals surface area contributed by atoms with Crippen molar-refractivity contribution in [1.82, 2.24) is 9.55 Å². The Morgan fingerprint density at radius 2 is 1.77 bits per heavy atom. The van der Waals surface area contributed by atoms with Crippen LogP contribution in [0, 0.1) is 24.0 Å². The summed E-state index contributed by atoms with van der Waals surface area (Å²) in [6, 6.07) is 19.4. The van der Waals surface area contributed by atoms with Crippen LogP contribution in [-0.4, -0.2) is 14.5 Å². The standard InChI is InChI=1S/C24H19N3O3/c1-16-10-12-22(17(2)14-16)26-23(25-21-9-4-3-8-20(21)24(26)28)13-11-18-6-5-7-19(15-18)27(29)30/h3-15H,1-2H3/b13-11+. The monoisotopic (exact) mass is 397 g/mol. The lowest BCUT2D eigenvalue weighted by Gasteiger charge is -2.14. The molecule has 0 N–H and O–H groups in total. The summed E-state index contributed by atoms with van der Waals surface area (Å²) >= 11 is 0. The number of benzene rings is 3. The molecule has 0 spiro atoms. The molecule has 148 valence electrons. The summed E-state index contributed by atoms with van der Waals surface area (Å²) in [6.07, 6.45) is 3.44. The first-order valence-electron chi connectivity index (χ1n) is 9.46. The molecule has 0 saturated carbocycles. The summed E-state index contributed by atoms with van der Waals surface area (Å²) in [4.78, 5) is 28.6. The summed E-state index contributed by atoms with van der Waals surface area (Å²) in [5.41, 5.74) is 3.91. The quantitative estimate of drug-likeness (QED) is 0.355. The molecular weight excluding hydrogens is 378 g/mol. The summed E-state index contributed by atoms with van der Waals surface area (Å²) in [7, 11) is 0. The van der Waals surface area contributed by atoms with Crippen molar-refractivity contribution in [3.05, 3.63) is 110 Å². The van der Waals surface area contributed by atoms with Crippen LogP contribution in [0.3, 0.4) is 0 Å². The van der Waals surface area contributed by atoms with Crippen molar-refractivity contribution in [3.8, 4) is 5.69 Å². The molecule has 4 aromatic rings. The van der Waals surface area contributed by atoms with Gasteiger partial charge in [-0.1, -0.05) is 48.0 Å². The van der Waals surface area contributed by atoms with Gasteiger partial charge in [-0.05, 0) is 49.2 Å². The summed E-state index contributed by atoms with van der Waals surface area (Å²) in [5.74, 6) is 0.456. The van der Waals surface area contributed by atoms with Crippen LogP contribution in [0.2, 0.25) is 0 Å². The molecule has 0 saturated heterocycles. The molecule has 3 aromatic carbocycles. The lowest BCUT2D eigenvalue weighted by molar-refractivity contribution is -0.384. The van der Waals surface area contributed by atoms with Gasteiger partial charge < -0.3 is 0 Å². The van der Waals surface area contributed by atoms with Gasteiger partial charge in [-0.15, -0.1) is 0 Å². The number of hydrogen-bond donors (Lipinski definition) is 0. The van der Waals surface area contributed by atoms with Crippen molar-refractivity contribution in [2.45, 2.75) is 13.8 Å². The van der Waals surface area contributed by atoms with E-state index in [2.05, 4.69) is 0 Å². The molecule has 1 heterocycles. The average molecular weight is 397 g/mol. The van der Waals surface area contributed by atoms with Gasteiger partial charge in [0.1, 0.15) is 5.82 Å². The minimum Gasteiger partial charge on any atom is -0.268 e. The van der Waals surface area contributed by atoms with Crippen molar-refractivity contribution in [1.29, 1.82) is 0 Å². The molecule has 30 heavy (non-hydrogen) atoms. The number of hydrogen-bond acceptors (Lipinski definition) is 4. The molecule has 0 amide bonds. The highest BCUT2D eigenvalue weighted by Crippen LogP contribution is 2.20. The van der Waals surface area contributed by atoms with E-state index in [0.29, 0.717) is 22.3 Å². The molecule has 1 aromatic heterocycles. The fourth-order valence-corrected chi connectivity index (χ4v) is 3.46. The zero-order valence-electron chi connectivity index (χ0n) is 16.6. The number of aryl methyl sites for hydroxylation is 2. The lowest BCUT2D eigenvalue weighted by atomic mass is 10.1. The third kappa shape index (κ3) is 3.63. The number of para-hydroxylation sites is 1. The van der Waals surface area contributed by atoms with Gasteiger partial charge in [0.2, 0.25) is 0 Å². The van der Waals surface area contributed by atoms with Gasteiger partial charge in [0, 0.05) is 12.1 Å². The van der Waals surface area contributed by atoms with E-state index < -0.39 is 4.92 Å². The number of nitro benzene ring substituents is 1. The fourth-order valence-electron chi connectivity index (χ4n) is 3.46. The molecule has 6 nitrogen and oxygen atoms in total. The normalized spacial score (nSPS) is 11.3. The van der Waals surface area contributed by atoms with Crippen LogP contribution in [0.1, 0.15) is 22.5 Å². The van der Waals surface area contributed by atoms with Gasteiger partial charge in [-0.2, -0.15) is 0 Å². The topological polar surface area (TPSA) is 78.0 Å². The predicted octanol–water partition coefficient (Wildman–Crippen LogP) is 5.08. The van der Waals surface area contributed by atoms with Crippen LogP contribution in [0.25, 0.3) is 28.7 Å². The largest absolute Gasteiger partial charge is 0.270 e. The van der Waals surface area contributed by atoms with Crippen LogP contribution in [0.5, 0.6) is 0 Å². The number of nitro groups is 1. The molecule has 0 fully saturated rings. The van der Waals surface area contributed by atoms with Crippen LogP contribution >= 0.6 is 0 Å². The second-order valence-electron chi connectivity index (χ2n) is 7.10. The van der Waals surface area contributed by atoms with Crippen molar-refractivity contribution in [2.24, 2.45) is 0 Å². The number of fused-ring (bicyclic) bond motifs is 1. The predicted molar refractivity (Wildman–Crippen MR) is 119 cm³/mol. The van der Waals surface area contributed by atoms with Gasteiger partial charge in [0.25, 0.3) is 11.2 Å². The van der Waals surface area contributed by atoms with E-state index in [4.69, 9.17) is 4.98 Å². The number of aromatic nitrogens is 2. The van der Waals surface area contributed by atoms with Gasteiger partial charge in [0.05, 0.1) is 21.5 Å². The summed E-state index contributed by atoms with van der Waals surface area (Å²) < 4.78 is 1.59. The van der Waals surface area contributed by atoms with Crippen molar-refractivity contribution in [2.75, 3.05) is 0 Å². The van der Waals surface area contributed by atoms with E-state index in [9.17, 15) is 14.9 Å². The third-order valence-electron chi connectivity index (χ3n) is 4.90. The second kappa shape index (κ2) is 7.75. The van der Waals surface area contributed by atoms with Gasteiger partial charge in [0.15, 0.2) is 0 Å². The average Bonchev–Trinajstić information content (AvgIpc) is 2.73. The van der Waals surface area contributed by atoms with Crippen LogP contribution < -0.4 is 5.56 Å². The highest BCUT2D eigenvalue weighted by Gasteiger charge is 2.13. The Kier molecular flexibility index (Phi) is 4.98. The smallest absolute Gasteiger partial charge is 0.268 e. The first-order chi connectivity index (χ1) is 14.4. The Morgan fingerprint density at radius 3 is 2.53 bits per heavy atom. The Bertz CT molecular complexity index is 1370. The van der Waals surface area contributed by atoms with E-state index in [0.717, 1.165) is 16.8 Å². The molecule has 0 unspecified atom stereocenters. The summed E-state index contributed by atoms with van der Waals surface area (Å²) in [6.45, 7) is 3.96. The summed E-state index contributed by atoms with van der Waals surface area (Å²) in [5, 5.41) is 11.6. The molecule has 0 aliphatic carbocycles. The van der Waals surface area contributed by atoms with Crippen LogP contribution in [-0.2, 0) is 0 Å². The Labute approximate surface area is 172 Å². The molecule has 0 aliphatic heterocycles. The molecule has 0 radical (unpaired) electrons. The maximum atomic E-state index is 13.3. The number of rotatable bonds is 4. The van der Waals surface area contributed by atoms with Gasteiger partial charge in [-0.3, -0.25) is 19.5 Å². The van der Waals surface area contributed by atoms with Gasteiger partial charge >= 0.3 is 0 Å². The third-order valence-corrected chi connectivity index (χ3v) is 4.90. The lowest BCUT2D eigenvalue weighted by Crippen LogP contribution is -2.23. The highest BCUT2D eigenvalue weighted by molar-refractivity contribution is 5.80. The van der Waals surface area contributed by atoms with Crippen molar-refractivity contribution < 1.29 is 4.92 Å². The minimum absolute atomic E-state index is 0.00962. The zero-order chi connectivity index (χ0) is 21.3. The van der Waals surface area contributed by atoms with E-state index in [1.807, 2.05) is 44.2 Å². The maximum Gasteiger partial charge on any atom is 0.270 e. The van der Waals surface area contributed by atoms with Crippen LogP contribution in [0.15, 0.2) is 71.5 Å². The zero-order valence-corrected chi connectivity index (χ0v) is 16.6. The first kappa shape index (κ1) is 19.3. The molecular formula is C24H19N3O3. The highest BCUT2D eigenvalue weighted by atomic mass is 16.6. The molecule has 0 aliphatic rings. The SMILES string of the molecule is Cc1ccc(-n2c(/C=C/c3cccc([N+](=O)[O-])c3)nc3ccccc3c2=O)c(C)c1. The number of nitrogens with zero attached hydrogens (tertiary/aromatic N) is 3. The van der Waals surface area contributed by atoms with Crippen LogP contribution in [0.4, 0.5) is 5.69 Å². The Morgan fingerprint density at radius 1 is 0.967 bits per heavy atom. The maximum absolute atomic E-state index is 13.3. The Hall–Kier alpha value is -4.06. The van der Waals surface area contributed by atoms with E-state index in [-0.39, 0.29) is 11.2 Å². The second-order valence-corrected chi connectivity index (χ2v) is 7.10. The van der Waals surface area contributed by atoms with Crippen molar-refractivity contribution in [3.63, 3.8) is 0 Å². The molecule has 0 atom stereocenters. The van der Waals surface area contributed by atoms with Gasteiger partial charge in [-0.25, -0.2) is 4.98 Å². The minimum atomic E-state index is -0.433. The Balaban J connectivity index is 1.93. The fraction of sp³-hybridized carbons (Fsp3) is 0.0833. The molecule has 0 bridgehead atoms. The molecule has 4 rings (SSSR count). The van der Waals surface area contributed by atoms with E-state index in [1.54, 1.807) is 41.0 Å². The number of non-ortho nitro benzene ring substituents is 1. The van der Waals surface area contributed by atoms with E-state index in [1.165, 1.54) is 12.1 Å². The van der Waals surface area contributed by atoms with E-state index >= 15 is 0 Å². The van der Waals surface area contributed by atoms with Crippen molar-refractivity contribution >= 4 is 28.7 Å². The molecule has 6 heteroatoms. The first-order valence-corrected chi connectivity index (χ1v) is 9.46.